The Hall–Kier alpha value is -0.0400. The van der Waals surface area contributed by atoms with E-state index in [1.165, 1.54) is 71.0 Å². The Morgan fingerprint density at radius 1 is 0.632 bits per heavy atom. The van der Waals surface area contributed by atoms with Crippen molar-refractivity contribution in [3.63, 3.8) is 0 Å². The van der Waals surface area contributed by atoms with E-state index in [1.807, 2.05) is 0 Å². The van der Waals surface area contributed by atoms with Gasteiger partial charge in [0.1, 0.15) is 0 Å². The maximum Gasteiger partial charge on any atom is -0.00189 e. The van der Waals surface area contributed by atoms with Crippen LogP contribution in [0.3, 0.4) is 0 Å². The Balaban J connectivity index is 3.39. The predicted molar refractivity (Wildman–Crippen MR) is 88.7 cm³/mol. The Bertz CT molecular complexity index is 157. The Morgan fingerprint density at radius 3 is 1.37 bits per heavy atom. The summed E-state index contributed by atoms with van der Waals surface area (Å²) in [6.07, 6.45) is 11.3. The van der Waals surface area contributed by atoms with Crippen LogP contribution >= 0.6 is 0 Å². The van der Waals surface area contributed by atoms with Crippen molar-refractivity contribution in [2.24, 2.45) is 11.8 Å². The summed E-state index contributed by atoms with van der Waals surface area (Å²) in [5.74, 6) is 1.76. The first-order valence-electron chi connectivity index (χ1n) is 8.78. The molecule has 0 aromatic heterocycles. The third kappa shape index (κ3) is 14.2. The van der Waals surface area contributed by atoms with Gasteiger partial charge in [0.15, 0.2) is 0 Å². The van der Waals surface area contributed by atoms with Gasteiger partial charge in [-0.3, -0.25) is 0 Å². The smallest absolute Gasteiger partial charge is 0.00189 e. The lowest BCUT2D eigenvalue weighted by Crippen LogP contribution is -2.25. The number of hydrogen-bond acceptors (Lipinski definition) is 1. The Kier molecular flexibility index (Phi) is 12.9. The molecule has 0 saturated heterocycles. The van der Waals surface area contributed by atoms with Gasteiger partial charge in [0.2, 0.25) is 0 Å². The lowest BCUT2D eigenvalue weighted by Gasteiger charge is -2.20. The quantitative estimate of drug-likeness (QED) is 0.385. The third-order valence-electron chi connectivity index (χ3n) is 3.96. The molecule has 0 rings (SSSR count). The fraction of sp³-hybridized carbons (Fsp3) is 1.00. The third-order valence-corrected chi connectivity index (χ3v) is 3.96. The first kappa shape index (κ1) is 19.0. The van der Waals surface area contributed by atoms with Crippen LogP contribution in [0.15, 0.2) is 0 Å². The van der Waals surface area contributed by atoms with Crippen LogP contribution in [0.2, 0.25) is 0 Å². The van der Waals surface area contributed by atoms with E-state index >= 15 is 0 Å². The minimum atomic E-state index is 0.878. The van der Waals surface area contributed by atoms with E-state index in [0.717, 1.165) is 11.8 Å². The van der Waals surface area contributed by atoms with Gasteiger partial charge in [-0.2, -0.15) is 0 Å². The highest BCUT2D eigenvalue weighted by Gasteiger charge is 2.02. The molecular weight excluding hydrogens is 230 g/mol. The summed E-state index contributed by atoms with van der Waals surface area (Å²) < 4.78 is 0. The van der Waals surface area contributed by atoms with Crippen LogP contribution in [-0.4, -0.2) is 24.5 Å². The zero-order valence-electron chi connectivity index (χ0n) is 14.4. The van der Waals surface area contributed by atoms with Gasteiger partial charge < -0.3 is 4.90 Å². The van der Waals surface area contributed by atoms with Crippen molar-refractivity contribution in [1.82, 2.24) is 4.90 Å². The van der Waals surface area contributed by atoms with Crippen LogP contribution in [0.4, 0.5) is 0 Å². The molecule has 0 aromatic carbocycles. The largest absolute Gasteiger partial charge is 0.304 e. The zero-order chi connectivity index (χ0) is 14.5. The van der Waals surface area contributed by atoms with Crippen molar-refractivity contribution < 1.29 is 0 Å². The normalized spacial score (nSPS) is 12.0. The van der Waals surface area contributed by atoms with E-state index in [2.05, 4.69) is 39.5 Å². The molecule has 0 radical (unpaired) electrons. The number of unbranched alkanes of at least 4 members (excludes halogenated alkanes) is 4. The summed E-state index contributed by atoms with van der Waals surface area (Å²) in [7, 11) is 0. The topological polar surface area (TPSA) is 3.24 Å². The fourth-order valence-corrected chi connectivity index (χ4v) is 2.56. The molecule has 0 aliphatic carbocycles. The van der Waals surface area contributed by atoms with Crippen LogP contribution in [0.1, 0.15) is 86.0 Å². The second kappa shape index (κ2) is 13.0. The first-order chi connectivity index (χ1) is 9.06. The van der Waals surface area contributed by atoms with Crippen molar-refractivity contribution in [2.75, 3.05) is 19.6 Å². The first-order valence-corrected chi connectivity index (χ1v) is 8.78. The van der Waals surface area contributed by atoms with Crippen molar-refractivity contribution in [3.05, 3.63) is 0 Å². The molecule has 19 heavy (non-hydrogen) atoms. The Labute approximate surface area is 123 Å². The van der Waals surface area contributed by atoms with E-state index < -0.39 is 0 Å². The Morgan fingerprint density at radius 2 is 1.05 bits per heavy atom. The van der Waals surface area contributed by atoms with Crippen LogP contribution < -0.4 is 0 Å². The monoisotopic (exact) mass is 269 g/mol. The van der Waals surface area contributed by atoms with Crippen LogP contribution in [0, 0.1) is 11.8 Å². The van der Waals surface area contributed by atoms with Gasteiger partial charge in [-0.1, -0.05) is 73.1 Å². The molecule has 0 aliphatic heterocycles. The molecule has 0 fully saturated rings. The molecule has 0 aromatic rings. The second-order valence-electron chi connectivity index (χ2n) is 6.92. The predicted octanol–water partition coefficient (Wildman–Crippen LogP) is 5.74. The lowest BCUT2D eigenvalue weighted by atomic mass is 10.0. The molecular formula is C18H39N. The van der Waals surface area contributed by atoms with Crippen molar-refractivity contribution in [3.8, 4) is 0 Å². The molecule has 0 amide bonds. The summed E-state index contributed by atoms with van der Waals surface area (Å²) in [5, 5.41) is 0. The standard InChI is InChI=1S/C18H39N/c1-6-19(15-11-7-9-13-17(2)3)16-12-8-10-14-18(4)5/h17-18H,6-16H2,1-5H3. The molecule has 0 atom stereocenters. The molecule has 1 heteroatoms. The molecule has 0 N–H and O–H groups in total. The van der Waals surface area contributed by atoms with Crippen LogP contribution in [-0.2, 0) is 0 Å². The van der Waals surface area contributed by atoms with Gasteiger partial charge in [-0.25, -0.2) is 0 Å². The maximum absolute atomic E-state index is 2.64. The van der Waals surface area contributed by atoms with Crippen LogP contribution in [0.25, 0.3) is 0 Å². The molecule has 1 nitrogen and oxygen atoms in total. The SMILES string of the molecule is CCN(CCCCCC(C)C)CCCCCC(C)C. The zero-order valence-corrected chi connectivity index (χ0v) is 14.4. The van der Waals surface area contributed by atoms with E-state index in [4.69, 9.17) is 0 Å². The summed E-state index contributed by atoms with van der Waals surface area (Å²) in [6.45, 7) is 15.5. The molecule has 0 unspecified atom stereocenters. The molecule has 0 aliphatic rings. The van der Waals surface area contributed by atoms with Crippen molar-refractivity contribution in [2.45, 2.75) is 86.0 Å². The number of nitrogens with zero attached hydrogens (tertiary/aromatic N) is 1. The average molecular weight is 270 g/mol. The molecule has 116 valence electrons. The molecule has 0 heterocycles. The minimum absolute atomic E-state index is 0.878. The fourth-order valence-electron chi connectivity index (χ4n) is 2.56. The van der Waals surface area contributed by atoms with E-state index in [0.29, 0.717) is 0 Å². The van der Waals surface area contributed by atoms with Gasteiger partial charge in [0, 0.05) is 0 Å². The lowest BCUT2D eigenvalue weighted by molar-refractivity contribution is 0.272. The number of rotatable bonds is 13. The summed E-state index contributed by atoms with van der Waals surface area (Å²) in [6, 6.07) is 0. The van der Waals surface area contributed by atoms with Gasteiger partial charge in [0.25, 0.3) is 0 Å². The van der Waals surface area contributed by atoms with E-state index in [1.54, 1.807) is 0 Å². The summed E-state index contributed by atoms with van der Waals surface area (Å²) >= 11 is 0. The molecule has 0 spiro atoms. The second-order valence-corrected chi connectivity index (χ2v) is 6.92. The molecule has 0 saturated carbocycles. The highest BCUT2D eigenvalue weighted by Crippen LogP contribution is 2.10. The van der Waals surface area contributed by atoms with Crippen molar-refractivity contribution in [1.29, 1.82) is 0 Å². The van der Waals surface area contributed by atoms with Gasteiger partial charge >= 0.3 is 0 Å². The van der Waals surface area contributed by atoms with E-state index in [9.17, 15) is 0 Å². The van der Waals surface area contributed by atoms with Crippen molar-refractivity contribution >= 4 is 0 Å². The summed E-state index contributed by atoms with van der Waals surface area (Å²) in [4.78, 5) is 2.64. The van der Waals surface area contributed by atoms with Gasteiger partial charge in [0.05, 0.1) is 0 Å². The average Bonchev–Trinajstić information content (AvgIpc) is 2.34. The minimum Gasteiger partial charge on any atom is -0.304 e. The highest BCUT2D eigenvalue weighted by molar-refractivity contribution is 4.58. The maximum atomic E-state index is 2.64. The van der Waals surface area contributed by atoms with Crippen LogP contribution in [0.5, 0.6) is 0 Å². The molecule has 0 bridgehead atoms. The van der Waals surface area contributed by atoms with E-state index in [-0.39, 0.29) is 0 Å². The highest BCUT2D eigenvalue weighted by atomic mass is 15.1. The summed E-state index contributed by atoms with van der Waals surface area (Å²) in [5.41, 5.74) is 0. The van der Waals surface area contributed by atoms with Gasteiger partial charge in [-0.05, 0) is 44.3 Å². The number of hydrogen-bond donors (Lipinski definition) is 0. The van der Waals surface area contributed by atoms with Gasteiger partial charge in [-0.15, -0.1) is 0 Å².